The van der Waals surface area contributed by atoms with Crippen molar-refractivity contribution in [1.82, 2.24) is 15.2 Å². The summed E-state index contributed by atoms with van der Waals surface area (Å²) in [5.41, 5.74) is 0.733. The van der Waals surface area contributed by atoms with Gasteiger partial charge in [0.2, 0.25) is 12.1 Å². The molecule has 9 nitrogen and oxygen atoms in total. The first-order chi connectivity index (χ1) is 13.7. The SMILES string of the molecule is COc1ccc(-c2nc(NC(=O)[C@H]3COc4ccccc4O3)n[nH]2)cc1OC. The number of nitrogens with one attached hydrogen (secondary N) is 2. The molecule has 0 unspecified atom stereocenters. The molecule has 2 aromatic carbocycles. The maximum Gasteiger partial charge on any atom is 0.271 e. The van der Waals surface area contributed by atoms with Crippen LogP contribution in [0.3, 0.4) is 0 Å². The monoisotopic (exact) mass is 382 g/mol. The summed E-state index contributed by atoms with van der Waals surface area (Å²) in [5, 5.41) is 9.45. The maximum absolute atomic E-state index is 12.5. The average Bonchev–Trinajstić information content (AvgIpc) is 3.21. The average molecular weight is 382 g/mol. The maximum atomic E-state index is 12.5. The third-order valence-electron chi connectivity index (χ3n) is 4.18. The van der Waals surface area contributed by atoms with Gasteiger partial charge in [-0.2, -0.15) is 4.98 Å². The highest BCUT2D eigenvalue weighted by molar-refractivity contribution is 5.93. The van der Waals surface area contributed by atoms with Crippen LogP contribution in [0.1, 0.15) is 0 Å². The number of H-pyrrole nitrogens is 1. The molecule has 144 valence electrons. The van der Waals surface area contributed by atoms with Crippen molar-refractivity contribution in [3.05, 3.63) is 42.5 Å². The summed E-state index contributed by atoms with van der Waals surface area (Å²) in [4.78, 5) is 16.8. The highest BCUT2D eigenvalue weighted by atomic mass is 16.6. The van der Waals surface area contributed by atoms with E-state index in [1.165, 1.54) is 0 Å². The quantitative estimate of drug-likeness (QED) is 0.697. The first-order valence-corrected chi connectivity index (χ1v) is 8.52. The van der Waals surface area contributed by atoms with Gasteiger partial charge in [0.25, 0.3) is 5.91 Å². The summed E-state index contributed by atoms with van der Waals surface area (Å²) in [6.07, 6.45) is -0.794. The molecule has 0 saturated heterocycles. The summed E-state index contributed by atoms with van der Waals surface area (Å²) >= 11 is 0. The van der Waals surface area contributed by atoms with Gasteiger partial charge in [-0.3, -0.25) is 15.2 Å². The zero-order valence-corrected chi connectivity index (χ0v) is 15.3. The smallest absolute Gasteiger partial charge is 0.271 e. The Hall–Kier alpha value is -3.75. The number of methoxy groups -OCH3 is 2. The number of carbonyl (C=O) groups excluding carboxylic acids is 1. The summed E-state index contributed by atoms with van der Waals surface area (Å²) < 4.78 is 21.8. The number of fused-ring (bicyclic) bond motifs is 1. The molecule has 1 aliphatic rings. The van der Waals surface area contributed by atoms with E-state index in [9.17, 15) is 4.79 Å². The van der Waals surface area contributed by atoms with Crippen LogP contribution in [0, 0.1) is 0 Å². The summed E-state index contributed by atoms with van der Waals surface area (Å²) in [6.45, 7) is 0.107. The van der Waals surface area contributed by atoms with Crippen molar-refractivity contribution in [2.45, 2.75) is 6.10 Å². The number of aromatic amines is 1. The second kappa shape index (κ2) is 7.47. The van der Waals surface area contributed by atoms with E-state index in [-0.39, 0.29) is 12.6 Å². The van der Waals surface area contributed by atoms with Gasteiger partial charge in [-0.25, -0.2) is 0 Å². The molecule has 0 aliphatic carbocycles. The molecule has 0 fully saturated rings. The molecule has 0 radical (unpaired) electrons. The number of amides is 1. The van der Waals surface area contributed by atoms with Crippen LogP contribution in [-0.4, -0.2) is 48.0 Å². The third kappa shape index (κ3) is 3.41. The highest BCUT2D eigenvalue weighted by Gasteiger charge is 2.28. The molecule has 1 aliphatic heterocycles. The number of aromatic nitrogens is 3. The van der Waals surface area contributed by atoms with Gasteiger partial charge >= 0.3 is 0 Å². The molecule has 9 heteroatoms. The van der Waals surface area contributed by atoms with Crippen LogP contribution in [0.5, 0.6) is 23.0 Å². The zero-order valence-electron chi connectivity index (χ0n) is 15.3. The molecular formula is C19H18N4O5. The summed E-state index contributed by atoms with van der Waals surface area (Å²) in [7, 11) is 3.12. The molecule has 28 heavy (non-hydrogen) atoms. The predicted octanol–water partition coefficient (Wildman–Crippen LogP) is 2.27. The van der Waals surface area contributed by atoms with Crippen molar-refractivity contribution < 1.29 is 23.7 Å². The second-order valence-corrected chi connectivity index (χ2v) is 5.93. The number of nitrogens with zero attached hydrogens (tertiary/aromatic N) is 2. The molecule has 0 bridgehead atoms. The molecule has 0 spiro atoms. The Balaban J connectivity index is 1.46. The van der Waals surface area contributed by atoms with E-state index in [2.05, 4.69) is 20.5 Å². The Morgan fingerprint density at radius 1 is 1.14 bits per heavy atom. The number of rotatable bonds is 5. The number of hydrogen-bond donors (Lipinski definition) is 2. The minimum absolute atomic E-state index is 0.107. The van der Waals surface area contributed by atoms with E-state index in [1.807, 2.05) is 18.2 Å². The Morgan fingerprint density at radius 3 is 2.71 bits per heavy atom. The molecule has 1 atom stereocenters. The van der Waals surface area contributed by atoms with Crippen molar-refractivity contribution in [2.24, 2.45) is 0 Å². The third-order valence-corrected chi connectivity index (χ3v) is 4.18. The highest BCUT2D eigenvalue weighted by Crippen LogP contribution is 2.32. The first kappa shape index (κ1) is 17.7. The minimum Gasteiger partial charge on any atom is -0.493 e. The van der Waals surface area contributed by atoms with Crippen molar-refractivity contribution >= 4 is 11.9 Å². The molecule has 2 N–H and O–H groups in total. The number of anilines is 1. The zero-order chi connectivity index (χ0) is 19.5. The van der Waals surface area contributed by atoms with E-state index in [1.54, 1.807) is 38.5 Å². The molecule has 4 rings (SSSR count). The van der Waals surface area contributed by atoms with E-state index in [0.717, 1.165) is 5.56 Å². The fourth-order valence-electron chi connectivity index (χ4n) is 2.77. The van der Waals surface area contributed by atoms with Crippen molar-refractivity contribution in [1.29, 1.82) is 0 Å². The number of ether oxygens (including phenoxy) is 4. The summed E-state index contributed by atoms with van der Waals surface area (Å²) in [5.74, 6) is 2.52. The van der Waals surface area contributed by atoms with Crippen LogP contribution in [0.4, 0.5) is 5.95 Å². The Labute approximate surface area is 160 Å². The Bertz CT molecular complexity index is 1000. The van der Waals surface area contributed by atoms with Gasteiger partial charge in [0.15, 0.2) is 28.8 Å². The van der Waals surface area contributed by atoms with Crippen LogP contribution in [0.15, 0.2) is 42.5 Å². The first-order valence-electron chi connectivity index (χ1n) is 8.52. The number of carbonyl (C=O) groups is 1. The largest absolute Gasteiger partial charge is 0.493 e. The van der Waals surface area contributed by atoms with Gasteiger partial charge in [-0.15, -0.1) is 5.10 Å². The van der Waals surface area contributed by atoms with Crippen molar-refractivity contribution in [3.63, 3.8) is 0 Å². The Morgan fingerprint density at radius 2 is 1.93 bits per heavy atom. The lowest BCUT2D eigenvalue weighted by Crippen LogP contribution is -2.40. The van der Waals surface area contributed by atoms with Gasteiger partial charge < -0.3 is 18.9 Å². The molecular weight excluding hydrogens is 364 g/mol. The minimum atomic E-state index is -0.794. The fourth-order valence-corrected chi connectivity index (χ4v) is 2.77. The van der Waals surface area contributed by atoms with Crippen LogP contribution >= 0.6 is 0 Å². The fraction of sp³-hybridized carbons (Fsp3) is 0.211. The van der Waals surface area contributed by atoms with E-state index >= 15 is 0 Å². The Kier molecular flexibility index (Phi) is 4.71. The lowest BCUT2D eigenvalue weighted by molar-refractivity contribution is -0.125. The topological polar surface area (TPSA) is 108 Å². The van der Waals surface area contributed by atoms with Crippen LogP contribution in [0.25, 0.3) is 11.4 Å². The second-order valence-electron chi connectivity index (χ2n) is 5.93. The van der Waals surface area contributed by atoms with E-state index in [0.29, 0.717) is 28.8 Å². The molecule has 1 amide bonds. The number of hydrogen-bond acceptors (Lipinski definition) is 7. The van der Waals surface area contributed by atoms with Crippen LogP contribution in [0.2, 0.25) is 0 Å². The number of para-hydroxylation sites is 2. The van der Waals surface area contributed by atoms with Gasteiger partial charge in [0.05, 0.1) is 14.2 Å². The normalized spacial score (nSPS) is 15.0. The van der Waals surface area contributed by atoms with Gasteiger partial charge in [-0.1, -0.05) is 12.1 Å². The standard InChI is InChI=1S/C19H18N4O5/c1-25-12-8-7-11(9-15(12)26-2)17-20-19(23-22-17)21-18(24)16-10-27-13-5-3-4-6-14(13)28-16/h3-9,16H,10H2,1-2H3,(H2,20,21,22,23,24)/t16-/m1/s1. The van der Waals surface area contributed by atoms with Crippen molar-refractivity contribution in [3.8, 4) is 34.4 Å². The lowest BCUT2D eigenvalue weighted by atomic mass is 10.2. The van der Waals surface area contributed by atoms with E-state index < -0.39 is 12.0 Å². The van der Waals surface area contributed by atoms with Gasteiger partial charge in [0.1, 0.15) is 6.61 Å². The summed E-state index contributed by atoms with van der Waals surface area (Å²) in [6, 6.07) is 12.5. The molecule has 0 saturated carbocycles. The lowest BCUT2D eigenvalue weighted by Gasteiger charge is -2.25. The van der Waals surface area contributed by atoms with E-state index in [4.69, 9.17) is 18.9 Å². The molecule has 1 aromatic heterocycles. The molecule has 2 heterocycles. The van der Waals surface area contributed by atoms with Gasteiger partial charge in [0, 0.05) is 5.56 Å². The molecule has 3 aromatic rings. The van der Waals surface area contributed by atoms with Gasteiger partial charge in [-0.05, 0) is 30.3 Å². The van der Waals surface area contributed by atoms with Crippen LogP contribution in [-0.2, 0) is 4.79 Å². The number of benzene rings is 2. The predicted molar refractivity (Wildman–Crippen MR) is 99.9 cm³/mol. The van der Waals surface area contributed by atoms with Crippen LogP contribution < -0.4 is 24.3 Å². The van der Waals surface area contributed by atoms with Crippen molar-refractivity contribution in [2.75, 3.05) is 26.1 Å².